The third-order valence-corrected chi connectivity index (χ3v) is 5.98. The highest BCUT2D eigenvalue weighted by Gasteiger charge is 2.18. The molecule has 3 aromatic carbocycles. The molecule has 0 unspecified atom stereocenters. The average Bonchev–Trinajstić information content (AvgIpc) is 3.37. The molecule has 0 aliphatic carbocycles. The van der Waals surface area contributed by atoms with Gasteiger partial charge in [-0.2, -0.15) is 9.78 Å². The van der Waals surface area contributed by atoms with E-state index in [4.69, 9.17) is 23.6 Å². The number of hydrogen-bond acceptors (Lipinski definition) is 7. The lowest BCUT2D eigenvalue weighted by Gasteiger charge is -2.13. The van der Waals surface area contributed by atoms with Crippen molar-refractivity contribution in [3.8, 4) is 28.8 Å². The van der Waals surface area contributed by atoms with Gasteiger partial charge in [0.05, 0.1) is 43.8 Å². The van der Waals surface area contributed by atoms with Gasteiger partial charge in [0.2, 0.25) is 5.82 Å². The molecule has 8 nitrogen and oxygen atoms in total. The fraction of sp³-hybridized carbons (Fsp3) is 0.138. The van der Waals surface area contributed by atoms with Gasteiger partial charge in [0.1, 0.15) is 11.3 Å². The lowest BCUT2D eigenvalue weighted by molar-refractivity contribution is 0.352. The van der Waals surface area contributed by atoms with Crippen molar-refractivity contribution in [3.05, 3.63) is 94.8 Å². The third-order valence-electron chi connectivity index (χ3n) is 5.98. The SMILES string of the molecule is C=CCc1cc(C=Nn2c(-c3cc4c(OC)cccc4o3)nc3ccccc3c2=O)cc(OC)c1OC. The van der Waals surface area contributed by atoms with Crippen LogP contribution in [0.5, 0.6) is 17.2 Å². The highest BCUT2D eigenvalue weighted by molar-refractivity contribution is 5.89. The zero-order valence-electron chi connectivity index (χ0n) is 20.7. The molecule has 2 heterocycles. The van der Waals surface area contributed by atoms with Crippen molar-refractivity contribution in [2.24, 2.45) is 5.10 Å². The molecular weight excluding hydrogens is 470 g/mol. The number of para-hydroxylation sites is 1. The minimum Gasteiger partial charge on any atom is -0.496 e. The van der Waals surface area contributed by atoms with Crippen molar-refractivity contribution in [2.75, 3.05) is 21.3 Å². The van der Waals surface area contributed by atoms with E-state index in [1.54, 1.807) is 64.0 Å². The van der Waals surface area contributed by atoms with E-state index in [0.717, 1.165) is 10.9 Å². The lowest BCUT2D eigenvalue weighted by Crippen LogP contribution is -2.20. The summed E-state index contributed by atoms with van der Waals surface area (Å²) in [5, 5.41) is 5.76. The van der Waals surface area contributed by atoms with Gasteiger partial charge in [-0.15, -0.1) is 6.58 Å². The van der Waals surface area contributed by atoms with E-state index < -0.39 is 0 Å². The number of methoxy groups -OCH3 is 3. The number of nitrogens with zero attached hydrogens (tertiary/aromatic N) is 3. The maximum absolute atomic E-state index is 13.6. The van der Waals surface area contributed by atoms with Crippen LogP contribution < -0.4 is 19.8 Å². The molecule has 0 saturated carbocycles. The average molecular weight is 496 g/mol. The van der Waals surface area contributed by atoms with Crippen LogP contribution in [0, 0.1) is 0 Å². The first-order chi connectivity index (χ1) is 18.1. The molecule has 0 atom stereocenters. The number of furan rings is 1. The van der Waals surface area contributed by atoms with E-state index >= 15 is 0 Å². The van der Waals surface area contributed by atoms with Crippen molar-refractivity contribution >= 4 is 28.1 Å². The fourth-order valence-electron chi connectivity index (χ4n) is 4.29. The predicted molar refractivity (Wildman–Crippen MR) is 144 cm³/mol. The highest BCUT2D eigenvalue weighted by Crippen LogP contribution is 2.34. The first-order valence-corrected chi connectivity index (χ1v) is 11.6. The molecule has 5 aromatic rings. The number of hydrogen-bond donors (Lipinski definition) is 0. The maximum Gasteiger partial charge on any atom is 0.282 e. The molecule has 0 aliphatic heterocycles. The quantitative estimate of drug-likeness (QED) is 0.210. The van der Waals surface area contributed by atoms with Crippen LogP contribution in [-0.2, 0) is 6.42 Å². The van der Waals surface area contributed by atoms with Gasteiger partial charge in [0.15, 0.2) is 17.3 Å². The molecule has 5 rings (SSSR count). The number of fused-ring (bicyclic) bond motifs is 2. The summed E-state index contributed by atoms with van der Waals surface area (Å²) in [7, 11) is 4.76. The topological polar surface area (TPSA) is 88.1 Å². The van der Waals surface area contributed by atoms with Gasteiger partial charge < -0.3 is 18.6 Å². The summed E-state index contributed by atoms with van der Waals surface area (Å²) in [6.07, 6.45) is 3.94. The second kappa shape index (κ2) is 10.0. The van der Waals surface area contributed by atoms with Crippen LogP contribution in [0.15, 0.2) is 87.6 Å². The number of ether oxygens (including phenoxy) is 3. The van der Waals surface area contributed by atoms with Crippen LogP contribution >= 0.6 is 0 Å². The number of aromatic nitrogens is 2. The maximum atomic E-state index is 13.6. The smallest absolute Gasteiger partial charge is 0.282 e. The van der Waals surface area contributed by atoms with Crippen LogP contribution in [0.3, 0.4) is 0 Å². The molecule has 0 N–H and O–H groups in total. The van der Waals surface area contributed by atoms with E-state index in [-0.39, 0.29) is 11.4 Å². The second-order valence-corrected chi connectivity index (χ2v) is 8.21. The van der Waals surface area contributed by atoms with Crippen LogP contribution in [0.4, 0.5) is 0 Å². The molecule has 0 spiro atoms. The Hall–Kier alpha value is -4.85. The Balaban J connectivity index is 1.71. The molecule has 0 amide bonds. The number of benzene rings is 3. The molecule has 0 fully saturated rings. The van der Waals surface area contributed by atoms with Gasteiger partial charge in [0.25, 0.3) is 5.56 Å². The Kier molecular flexibility index (Phi) is 6.47. The highest BCUT2D eigenvalue weighted by atomic mass is 16.5. The van der Waals surface area contributed by atoms with Gasteiger partial charge in [-0.25, -0.2) is 4.98 Å². The summed E-state index contributed by atoms with van der Waals surface area (Å²) in [6, 6.07) is 18.2. The standard InChI is InChI=1S/C29H25N3O5/c1-5-9-19-14-18(15-25(35-3)27(19)36-4)17-30-32-28(31-22-11-7-6-10-20(22)29(32)33)26-16-21-23(34-2)12-8-13-24(21)37-26/h5-8,10-17H,1,9H2,2-4H3. The third kappa shape index (κ3) is 4.33. The van der Waals surface area contributed by atoms with E-state index in [0.29, 0.717) is 51.5 Å². The lowest BCUT2D eigenvalue weighted by atomic mass is 10.1. The molecule has 37 heavy (non-hydrogen) atoms. The molecule has 8 heteroatoms. The van der Waals surface area contributed by atoms with E-state index in [2.05, 4.69) is 11.7 Å². The van der Waals surface area contributed by atoms with Crippen LogP contribution in [-0.4, -0.2) is 37.2 Å². The normalized spacial score (nSPS) is 11.3. The summed E-state index contributed by atoms with van der Waals surface area (Å²) in [4.78, 5) is 18.3. The van der Waals surface area contributed by atoms with Gasteiger partial charge in [0, 0.05) is 5.56 Å². The van der Waals surface area contributed by atoms with Gasteiger partial charge in [-0.1, -0.05) is 24.3 Å². The zero-order chi connectivity index (χ0) is 25.9. The molecule has 0 radical (unpaired) electrons. The Morgan fingerprint density at radius 2 is 1.78 bits per heavy atom. The number of allylic oxidation sites excluding steroid dienone is 1. The molecule has 186 valence electrons. The van der Waals surface area contributed by atoms with E-state index in [1.807, 2.05) is 30.3 Å². The van der Waals surface area contributed by atoms with Crippen LogP contribution in [0.2, 0.25) is 0 Å². The monoisotopic (exact) mass is 495 g/mol. The first-order valence-electron chi connectivity index (χ1n) is 11.6. The Labute approximate surface area is 213 Å². The van der Waals surface area contributed by atoms with Gasteiger partial charge in [-0.3, -0.25) is 4.79 Å². The van der Waals surface area contributed by atoms with Crippen LogP contribution in [0.25, 0.3) is 33.5 Å². The van der Waals surface area contributed by atoms with E-state index in [1.165, 1.54) is 4.68 Å². The fourth-order valence-corrected chi connectivity index (χ4v) is 4.29. The summed E-state index contributed by atoms with van der Waals surface area (Å²) < 4.78 is 23.8. The van der Waals surface area contributed by atoms with Crippen molar-refractivity contribution in [1.82, 2.24) is 9.66 Å². The molecule has 0 saturated heterocycles. The zero-order valence-corrected chi connectivity index (χ0v) is 20.7. The summed E-state index contributed by atoms with van der Waals surface area (Å²) in [5.41, 5.74) is 2.43. The predicted octanol–water partition coefficient (Wildman–Crippen LogP) is 5.45. The van der Waals surface area contributed by atoms with Gasteiger partial charge >= 0.3 is 0 Å². The molecule has 2 aromatic heterocycles. The van der Waals surface area contributed by atoms with Crippen LogP contribution in [0.1, 0.15) is 11.1 Å². The summed E-state index contributed by atoms with van der Waals surface area (Å²) in [5.74, 6) is 2.49. The number of rotatable bonds is 8. The Bertz CT molecular complexity index is 1710. The first kappa shape index (κ1) is 23.9. The van der Waals surface area contributed by atoms with Gasteiger partial charge in [-0.05, 0) is 54.4 Å². The minimum absolute atomic E-state index is 0.269. The van der Waals surface area contributed by atoms with Crippen molar-refractivity contribution in [1.29, 1.82) is 0 Å². The largest absolute Gasteiger partial charge is 0.496 e. The van der Waals surface area contributed by atoms with Crippen molar-refractivity contribution < 1.29 is 18.6 Å². The molecule has 0 aliphatic rings. The second-order valence-electron chi connectivity index (χ2n) is 8.21. The Morgan fingerprint density at radius 1 is 0.973 bits per heavy atom. The molecule has 0 bridgehead atoms. The van der Waals surface area contributed by atoms with Crippen molar-refractivity contribution in [3.63, 3.8) is 0 Å². The molecular formula is C29H25N3O5. The van der Waals surface area contributed by atoms with Crippen molar-refractivity contribution in [2.45, 2.75) is 6.42 Å². The Morgan fingerprint density at radius 3 is 2.54 bits per heavy atom. The minimum atomic E-state index is -0.323. The summed E-state index contributed by atoms with van der Waals surface area (Å²) >= 11 is 0. The van der Waals surface area contributed by atoms with E-state index in [9.17, 15) is 4.79 Å². The summed E-state index contributed by atoms with van der Waals surface area (Å²) in [6.45, 7) is 3.82.